The Balaban J connectivity index is 1.78. The molecule has 96 valence electrons. The smallest absolute Gasteiger partial charge is 0.178 e. The molecule has 0 saturated carbocycles. The molecule has 0 aliphatic carbocycles. The number of H-pyrrole nitrogens is 1. The van der Waals surface area contributed by atoms with Crippen LogP contribution in [0.25, 0.3) is 28.2 Å². The number of aromatic amines is 1. The zero-order valence-electron chi connectivity index (χ0n) is 10.6. The van der Waals surface area contributed by atoms with Crippen LogP contribution >= 0.6 is 0 Å². The van der Waals surface area contributed by atoms with Gasteiger partial charge in [-0.3, -0.25) is 0 Å². The fourth-order valence-corrected chi connectivity index (χ4v) is 2.15. The maximum absolute atomic E-state index is 4.47. The van der Waals surface area contributed by atoms with E-state index in [-0.39, 0.29) is 0 Å². The van der Waals surface area contributed by atoms with Gasteiger partial charge in [-0.1, -0.05) is 18.2 Å². The molecule has 5 nitrogen and oxygen atoms in total. The van der Waals surface area contributed by atoms with Crippen LogP contribution in [0.2, 0.25) is 0 Å². The predicted molar refractivity (Wildman–Crippen MR) is 76.4 cm³/mol. The number of para-hydroxylation sites is 1. The average molecular weight is 261 g/mol. The van der Waals surface area contributed by atoms with Gasteiger partial charge in [-0.25, -0.2) is 14.6 Å². The Morgan fingerprint density at radius 1 is 1.00 bits per heavy atom. The van der Waals surface area contributed by atoms with Crippen LogP contribution in [0.5, 0.6) is 0 Å². The van der Waals surface area contributed by atoms with Gasteiger partial charge in [-0.05, 0) is 24.3 Å². The highest BCUT2D eigenvalue weighted by molar-refractivity contribution is 5.75. The summed E-state index contributed by atoms with van der Waals surface area (Å²) >= 11 is 0. The molecule has 0 radical (unpaired) electrons. The Hall–Kier alpha value is -2.95. The predicted octanol–water partition coefficient (Wildman–Crippen LogP) is 2.81. The molecule has 4 aromatic rings. The molecule has 0 amide bonds. The van der Waals surface area contributed by atoms with Gasteiger partial charge in [0.1, 0.15) is 5.82 Å². The molecule has 3 heterocycles. The van der Waals surface area contributed by atoms with Crippen molar-refractivity contribution in [3.05, 3.63) is 61.1 Å². The van der Waals surface area contributed by atoms with Gasteiger partial charge < -0.3 is 4.98 Å². The highest BCUT2D eigenvalue weighted by atomic mass is 15.3. The number of hydrogen-bond donors (Lipinski definition) is 1. The first-order chi connectivity index (χ1) is 9.90. The fraction of sp³-hybridized carbons (Fsp3) is 0. The Labute approximate surface area is 114 Å². The summed E-state index contributed by atoms with van der Waals surface area (Å²) in [5, 5.41) is 4.37. The number of rotatable bonds is 2. The van der Waals surface area contributed by atoms with Crippen molar-refractivity contribution in [3.8, 4) is 17.1 Å². The van der Waals surface area contributed by atoms with Crippen molar-refractivity contribution in [3.63, 3.8) is 0 Å². The van der Waals surface area contributed by atoms with E-state index in [1.165, 1.54) is 0 Å². The number of nitrogens with zero attached hydrogens (tertiary/aromatic N) is 4. The number of fused-ring (bicyclic) bond motifs is 1. The van der Waals surface area contributed by atoms with E-state index in [2.05, 4.69) is 20.1 Å². The highest BCUT2D eigenvalue weighted by Gasteiger charge is 2.08. The maximum atomic E-state index is 4.47. The van der Waals surface area contributed by atoms with Crippen LogP contribution in [0.15, 0.2) is 61.1 Å². The zero-order chi connectivity index (χ0) is 13.4. The van der Waals surface area contributed by atoms with Gasteiger partial charge in [0.2, 0.25) is 0 Å². The third-order valence-corrected chi connectivity index (χ3v) is 3.13. The third kappa shape index (κ3) is 1.76. The average Bonchev–Trinajstić information content (AvgIpc) is 3.14. The van der Waals surface area contributed by atoms with Crippen molar-refractivity contribution < 1.29 is 0 Å². The summed E-state index contributed by atoms with van der Waals surface area (Å²) in [5.74, 6) is 0.779. The molecule has 1 N–H and O–H groups in total. The van der Waals surface area contributed by atoms with E-state index in [0.29, 0.717) is 0 Å². The van der Waals surface area contributed by atoms with Crippen LogP contribution in [-0.4, -0.2) is 24.7 Å². The Kier molecular flexibility index (Phi) is 2.35. The summed E-state index contributed by atoms with van der Waals surface area (Å²) in [6.07, 6.45) is 5.48. The first kappa shape index (κ1) is 10.9. The molecule has 1 aromatic carbocycles. The molecule has 0 aliphatic rings. The Bertz CT molecular complexity index is 827. The van der Waals surface area contributed by atoms with Crippen LogP contribution in [0.3, 0.4) is 0 Å². The minimum atomic E-state index is 0.718. The number of aromatic nitrogens is 5. The number of benzene rings is 1. The lowest BCUT2D eigenvalue weighted by Crippen LogP contribution is -1.92. The molecule has 0 fully saturated rings. The summed E-state index contributed by atoms with van der Waals surface area (Å²) in [5.41, 5.74) is 3.60. The van der Waals surface area contributed by atoms with E-state index in [4.69, 9.17) is 0 Å². The maximum Gasteiger partial charge on any atom is 0.178 e. The lowest BCUT2D eigenvalue weighted by atomic mass is 10.3. The van der Waals surface area contributed by atoms with Gasteiger partial charge in [0.15, 0.2) is 5.65 Å². The lowest BCUT2D eigenvalue weighted by Gasteiger charge is -1.98. The van der Waals surface area contributed by atoms with Crippen LogP contribution in [0.1, 0.15) is 0 Å². The number of hydrogen-bond acceptors (Lipinski definition) is 3. The molecular formula is C15H11N5. The minimum absolute atomic E-state index is 0.718. The van der Waals surface area contributed by atoms with E-state index >= 15 is 0 Å². The van der Waals surface area contributed by atoms with Crippen molar-refractivity contribution in [2.75, 3.05) is 0 Å². The van der Waals surface area contributed by atoms with E-state index in [1.807, 2.05) is 53.3 Å². The molecule has 4 rings (SSSR count). The largest absolute Gasteiger partial charge is 0.336 e. The summed E-state index contributed by atoms with van der Waals surface area (Å²) < 4.78 is 1.83. The molecule has 3 aromatic heterocycles. The first-order valence-corrected chi connectivity index (χ1v) is 6.31. The van der Waals surface area contributed by atoms with Crippen LogP contribution in [0.4, 0.5) is 0 Å². The van der Waals surface area contributed by atoms with Crippen molar-refractivity contribution in [1.82, 2.24) is 24.7 Å². The fourth-order valence-electron chi connectivity index (χ4n) is 2.15. The third-order valence-electron chi connectivity index (χ3n) is 3.13. The topological polar surface area (TPSA) is 59.4 Å². The van der Waals surface area contributed by atoms with Gasteiger partial charge in [0.05, 0.1) is 23.0 Å². The normalized spacial score (nSPS) is 11.0. The van der Waals surface area contributed by atoms with Crippen LogP contribution in [-0.2, 0) is 0 Å². The minimum Gasteiger partial charge on any atom is -0.336 e. The molecular weight excluding hydrogens is 250 g/mol. The second-order valence-corrected chi connectivity index (χ2v) is 4.47. The summed E-state index contributed by atoms with van der Waals surface area (Å²) in [4.78, 5) is 11.9. The number of imidazole rings is 1. The van der Waals surface area contributed by atoms with Crippen molar-refractivity contribution in [2.45, 2.75) is 0 Å². The standard InChI is InChI=1S/C15H11N5/c1-2-5-12(6-3-1)20-10-11(9-17-20)14-18-13-7-4-8-16-15(13)19-14/h1-10H,(H,16,18,19). The van der Waals surface area contributed by atoms with E-state index in [9.17, 15) is 0 Å². The van der Waals surface area contributed by atoms with Crippen LogP contribution in [0, 0.1) is 0 Å². The second-order valence-electron chi connectivity index (χ2n) is 4.47. The quantitative estimate of drug-likeness (QED) is 0.603. The van der Waals surface area contributed by atoms with Gasteiger partial charge in [0.25, 0.3) is 0 Å². The molecule has 0 atom stereocenters. The van der Waals surface area contributed by atoms with E-state index in [1.54, 1.807) is 12.4 Å². The number of nitrogens with one attached hydrogen (secondary N) is 1. The molecule has 5 heteroatoms. The molecule has 0 bridgehead atoms. The SMILES string of the molecule is c1ccc(-n2cc(-c3nc4ncccc4[nH]3)cn2)cc1. The monoisotopic (exact) mass is 261 g/mol. The van der Waals surface area contributed by atoms with Gasteiger partial charge in [0, 0.05) is 12.4 Å². The van der Waals surface area contributed by atoms with E-state index < -0.39 is 0 Å². The summed E-state index contributed by atoms with van der Waals surface area (Å²) in [6, 6.07) is 13.8. The van der Waals surface area contributed by atoms with Gasteiger partial charge in [-0.2, -0.15) is 5.10 Å². The number of pyridine rings is 1. The summed E-state index contributed by atoms with van der Waals surface area (Å²) in [7, 11) is 0. The van der Waals surface area contributed by atoms with Gasteiger partial charge in [-0.15, -0.1) is 0 Å². The van der Waals surface area contributed by atoms with Crippen LogP contribution < -0.4 is 0 Å². The molecule has 0 saturated heterocycles. The molecule has 0 aliphatic heterocycles. The first-order valence-electron chi connectivity index (χ1n) is 6.31. The molecule has 20 heavy (non-hydrogen) atoms. The van der Waals surface area contributed by atoms with Crippen molar-refractivity contribution >= 4 is 11.2 Å². The summed E-state index contributed by atoms with van der Waals surface area (Å²) in [6.45, 7) is 0. The van der Waals surface area contributed by atoms with Crippen molar-refractivity contribution in [1.29, 1.82) is 0 Å². The van der Waals surface area contributed by atoms with E-state index in [0.717, 1.165) is 28.2 Å². The van der Waals surface area contributed by atoms with Gasteiger partial charge >= 0.3 is 0 Å². The zero-order valence-corrected chi connectivity index (χ0v) is 10.6. The molecule has 0 spiro atoms. The van der Waals surface area contributed by atoms with Crippen molar-refractivity contribution in [2.24, 2.45) is 0 Å². The lowest BCUT2D eigenvalue weighted by molar-refractivity contribution is 0.880. The highest BCUT2D eigenvalue weighted by Crippen LogP contribution is 2.19. The second kappa shape index (κ2) is 4.31. The molecule has 0 unspecified atom stereocenters. The Morgan fingerprint density at radius 2 is 1.90 bits per heavy atom. The Morgan fingerprint density at radius 3 is 2.75 bits per heavy atom.